The lowest BCUT2D eigenvalue weighted by Gasteiger charge is -2.34. The molecule has 2 atom stereocenters. The van der Waals surface area contributed by atoms with E-state index in [-0.39, 0.29) is 24.2 Å². The van der Waals surface area contributed by atoms with Gasteiger partial charge in [0, 0.05) is 31.7 Å². The molecule has 27 heavy (non-hydrogen) atoms. The van der Waals surface area contributed by atoms with Gasteiger partial charge in [-0.15, -0.1) is 0 Å². The fourth-order valence-corrected chi connectivity index (χ4v) is 4.11. The van der Waals surface area contributed by atoms with Gasteiger partial charge < -0.3 is 14.9 Å². The molecule has 0 bridgehead atoms. The highest BCUT2D eigenvalue weighted by atomic mass is 16.4. The number of anilines is 1. The van der Waals surface area contributed by atoms with Crippen molar-refractivity contribution in [3.63, 3.8) is 0 Å². The predicted molar refractivity (Wildman–Crippen MR) is 103 cm³/mol. The molecular weight excluding hydrogens is 344 g/mol. The standard InChI is InChI=1S/C21H28N2O4/c1-14-5-7-17(12-15(14)2)23-11-9-18(21(23)27)20(26)22-10-3-4-16(13-22)6-8-19(24)25/h5,7,12,16,18H,3-4,6,8-11,13H2,1-2H3,(H,24,25)/t16-,18-/m0/s1. The zero-order chi connectivity index (χ0) is 19.6. The fraction of sp³-hybridized carbons (Fsp3) is 0.571. The number of amides is 2. The monoisotopic (exact) mass is 372 g/mol. The quantitative estimate of drug-likeness (QED) is 0.806. The molecule has 2 aliphatic heterocycles. The van der Waals surface area contributed by atoms with Gasteiger partial charge in [0.1, 0.15) is 5.92 Å². The van der Waals surface area contributed by atoms with Gasteiger partial charge in [0.2, 0.25) is 11.8 Å². The Morgan fingerprint density at radius 1 is 1.15 bits per heavy atom. The number of carbonyl (C=O) groups excluding carboxylic acids is 2. The highest BCUT2D eigenvalue weighted by molar-refractivity contribution is 6.09. The maximum Gasteiger partial charge on any atom is 0.303 e. The molecule has 1 aromatic rings. The number of carboxylic acid groups (broad SMARTS) is 1. The number of aliphatic carboxylic acids is 1. The molecule has 0 radical (unpaired) electrons. The van der Waals surface area contributed by atoms with Gasteiger partial charge in [0.15, 0.2) is 0 Å². The van der Waals surface area contributed by atoms with Gasteiger partial charge in [0.05, 0.1) is 0 Å². The molecule has 146 valence electrons. The Kier molecular flexibility index (Phi) is 5.82. The Hall–Kier alpha value is -2.37. The van der Waals surface area contributed by atoms with Crippen LogP contribution in [-0.2, 0) is 14.4 Å². The molecule has 0 unspecified atom stereocenters. The zero-order valence-corrected chi connectivity index (χ0v) is 16.1. The number of hydrogen-bond donors (Lipinski definition) is 1. The van der Waals surface area contributed by atoms with Gasteiger partial charge in [-0.25, -0.2) is 0 Å². The summed E-state index contributed by atoms with van der Waals surface area (Å²) < 4.78 is 0. The van der Waals surface area contributed by atoms with Crippen molar-refractivity contribution in [2.24, 2.45) is 11.8 Å². The van der Waals surface area contributed by atoms with Crippen LogP contribution in [-0.4, -0.2) is 47.4 Å². The molecule has 1 aromatic carbocycles. The molecule has 0 saturated carbocycles. The maximum atomic E-state index is 13.0. The first-order valence-corrected chi connectivity index (χ1v) is 9.76. The lowest BCUT2D eigenvalue weighted by molar-refractivity contribution is -0.141. The number of hydrogen-bond acceptors (Lipinski definition) is 3. The molecule has 2 saturated heterocycles. The van der Waals surface area contributed by atoms with E-state index in [1.807, 2.05) is 32.0 Å². The largest absolute Gasteiger partial charge is 0.481 e. The van der Waals surface area contributed by atoms with Crippen LogP contribution < -0.4 is 4.90 Å². The van der Waals surface area contributed by atoms with Gasteiger partial charge in [-0.05, 0) is 68.7 Å². The van der Waals surface area contributed by atoms with Crippen molar-refractivity contribution >= 4 is 23.5 Å². The van der Waals surface area contributed by atoms with Crippen LogP contribution in [0.25, 0.3) is 0 Å². The first-order chi connectivity index (χ1) is 12.9. The number of likely N-dealkylation sites (tertiary alicyclic amines) is 1. The first kappa shape index (κ1) is 19.4. The van der Waals surface area contributed by atoms with E-state index in [0.29, 0.717) is 32.5 Å². The van der Waals surface area contributed by atoms with Crippen molar-refractivity contribution in [3.8, 4) is 0 Å². The molecule has 6 heteroatoms. The summed E-state index contributed by atoms with van der Waals surface area (Å²) in [4.78, 5) is 40.1. The topological polar surface area (TPSA) is 77.9 Å². The van der Waals surface area contributed by atoms with Gasteiger partial charge in [0.25, 0.3) is 0 Å². The van der Waals surface area contributed by atoms with Crippen LogP contribution in [0, 0.1) is 25.7 Å². The fourth-order valence-electron chi connectivity index (χ4n) is 4.11. The molecule has 0 aliphatic carbocycles. The van der Waals surface area contributed by atoms with Crippen molar-refractivity contribution in [1.82, 2.24) is 4.90 Å². The van der Waals surface area contributed by atoms with Crippen molar-refractivity contribution in [3.05, 3.63) is 29.3 Å². The summed E-state index contributed by atoms with van der Waals surface area (Å²) in [6.45, 7) is 5.85. The Morgan fingerprint density at radius 2 is 1.93 bits per heavy atom. The summed E-state index contributed by atoms with van der Waals surface area (Å²) in [6.07, 6.45) is 3.09. The van der Waals surface area contributed by atoms with E-state index in [1.165, 1.54) is 5.56 Å². The van der Waals surface area contributed by atoms with Gasteiger partial charge in [-0.3, -0.25) is 14.4 Å². The number of carbonyl (C=O) groups is 3. The van der Waals surface area contributed by atoms with E-state index in [4.69, 9.17) is 5.11 Å². The van der Waals surface area contributed by atoms with E-state index in [9.17, 15) is 14.4 Å². The summed E-state index contributed by atoms with van der Waals surface area (Å²) in [6, 6.07) is 5.95. The number of nitrogens with zero attached hydrogens (tertiary/aromatic N) is 2. The summed E-state index contributed by atoms with van der Waals surface area (Å²) in [7, 11) is 0. The van der Waals surface area contributed by atoms with Crippen molar-refractivity contribution in [2.45, 2.75) is 46.0 Å². The Labute approximate surface area is 160 Å². The van der Waals surface area contributed by atoms with Gasteiger partial charge in [-0.1, -0.05) is 6.07 Å². The number of piperidine rings is 1. The lowest BCUT2D eigenvalue weighted by atomic mass is 9.92. The third kappa shape index (κ3) is 4.31. The van der Waals surface area contributed by atoms with E-state index in [0.717, 1.165) is 24.1 Å². The second-order valence-corrected chi connectivity index (χ2v) is 7.82. The van der Waals surface area contributed by atoms with Crippen LogP contribution in [0.4, 0.5) is 5.69 Å². The number of aryl methyl sites for hydroxylation is 2. The molecular formula is C21H28N2O4. The zero-order valence-electron chi connectivity index (χ0n) is 16.1. The summed E-state index contributed by atoms with van der Waals surface area (Å²) in [5.41, 5.74) is 3.17. The molecule has 2 aliphatic rings. The normalized spacial score (nSPS) is 23.0. The molecule has 2 heterocycles. The smallest absolute Gasteiger partial charge is 0.303 e. The van der Waals surface area contributed by atoms with E-state index in [1.54, 1.807) is 9.80 Å². The van der Waals surface area contributed by atoms with Crippen molar-refractivity contribution in [2.75, 3.05) is 24.5 Å². The van der Waals surface area contributed by atoms with Crippen LogP contribution in [0.15, 0.2) is 18.2 Å². The van der Waals surface area contributed by atoms with Crippen molar-refractivity contribution in [1.29, 1.82) is 0 Å². The Bertz CT molecular complexity index is 746. The SMILES string of the molecule is Cc1ccc(N2CC[C@@H](C(=O)N3CCC[C@@H](CCC(=O)O)C3)C2=O)cc1C. The highest BCUT2D eigenvalue weighted by Gasteiger charge is 2.40. The summed E-state index contributed by atoms with van der Waals surface area (Å²) in [5.74, 6) is -1.40. The lowest BCUT2D eigenvalue weighted by Crippen LogP contribution is -2.45. The van der Waals surface area contributed by atoms with E-state index >= 15 is 0 Å². The third-order valence-corrected chi connectivity index (χ3v) is 5.90. The highest BCUT2D eigenvalue weighted by Crippen LogP contribution is 2.30. The molecule has 0 aromatic heterocycles. The maximum absolute atomic E-state index is 13.0. The van der Waals surface area contributed by atoms with Crippen molar-refractivity contribution < 1.29 is 19.5 Å². The molecule has 0 spiro atoms. The van der Waals surface area contributed by atoms with Crippen LogP contribution in [0.3, 0.4) is 0 Å². The van der Waals surface area contributed by atoms with E-state index < -0.39 is 11.9 Å². The van der Waals surface area contributed by atoms with Gasteiger partial charge >= 0.3 is 5.97 Å². The van der Waals surface area contributed by atoms with E-state index in [2.05, 4.69) is 0 Å². The Balaban J connectivity index is 1.64. The van der Waals surface area contributed by atoms with Crippen LogP contribution in [0.1, 0.15) is 43.2 Å². The second kappa shape index (κ2) is 8.11. The molecule has 1 N–H and O–H groups in total. The Morgan fingerprint density at radius 3 is 2.63 bits per heavy atom. The van der Waals surface area contributed by atoms with Crippen LogP contribution in [0.5, 0.6) is 0 Å². The number of benzene rings is 1. The molecule has 2 amide bonds. The minimum Gasteiger partial charge on any atom is -0.481 e. The molecule has 2 fully saturated rings. The third-order valence-electron chi connectivity index (χ3n) is 5.90. The minimum atomic E-state index is -0.798. The first-order valence-electron chi connectivity index (χ1n) is 9.76. The second-order valence-electron chi connectivity index (χ2n) is 7.82. The minimum absolute atomic E-state index is 0.0913. The summed E-state index contributed by atoms with van der Waals surface area (Å²) in [5, 5.41) is 8.87. The van der Waals surface area contributed by atoms with Crippen LogP contribution >= 0.6 is 0 Å². The molecule has 6 nitrogen and oxygen atoms in total. The number of rotatable bonds is 5. The number of carboxylic acids is 1. The summed E-state index contributed by atoms with van der Waals surface area (Å²) >= 11 is 0. The average Bonchev–Trinajstić information content (AvgIpc) is 3.03. The average molecular weight is 372 g/mol. The van der Waals surface area contributed by atoms with Gasteiger partial charge in [-0.2, -0.15) is 0 Å². The predicted octanol–water partition coefficient (Wildman–Crippen LogP) is 2.76. The van der Waals surface area contributed by atoms with Crippen LogP contribution in [0.2, 0.25) is 0 Å². The molecule has 3 rings (SSSR count).